The molecule has 1 aromatic heterocycles. The van der Waals surface area contributed by atoms with Crippen LogP contribution in [0.15, 0.2) is 53.6 Å². The Bertz CT molecular complexity index is 864. The van der Waals surface area contributed by atoms with E-state index in [-0.39, 0.29) is 0 Å². The average Bonchev–Trinajstić information content (AvgIpc) is 2.89. The Labute approximate surface area is 142 Å². The van der Waals surface area contributed by atoms with Gasteiger partial charge in [-0.25, -0.2) is 5.10 Å². The molecule has 0 amide bonds. The van der Waals surface area contributed by atoms with Crippen LogP contribution in [-0.2, 0) is 0 Å². The second-order valence-corrected chi connectivity index (χ2v) is 5.73. The minimum absolute atomic E-state index is 0.412. The van der Waals surface area contributed by atoms with Crippen molar-refractivity contribution in [2.75, 3.05) is 0 Å². The highest BCUT2D eigenvalue weighted by Gasteiger charge is 2.07. The zero-order valence-corrected chi connectivity index (χ0v) is 13.5. The molecule has 1 heterocycles. The summed E-state index contributed by atoms with van der Waals surface area (Å²) in [6, 6.07) is 14.7. The monoisotopic (exact) mass is 348 g/mol. The quantitative estimate of drug-likeness (QED) is 0.545. The van der Waals surface area contributed by atoms with Crippen LogP contribution in [0.25, 0.3) is 11.4 Å². The fraction of sp³-hybridized carbons (Fsp3) is 0. The van der Waals surface area contributed by atoms with Crippen molar-refractivity contribution >= 4 is 41.6 Å². The standard InChI is InChI=1S/C15H10Cl2N4S/c16-12-5-1-10(2-6-12)9-18-21-14(19-20-15(21)22)11-3-7-13(17)8-4-11/h1-9H,(H,20,22)/b18-9+. The Morgan fingerprint density at radius 1 is 1.00 bits per heavy atom. The van der Waals surface area contributed by atoms with Crippen molar-refractivity contribution in [1.82, 2.24) is 14.9 Å². The summed E-state index contributed by atoms with van der Waals surface area (Å²) in [6.45, 7) is 0. The summed E-state index contributed by atoms with van der Waals surface area (Å²) in [7, 11) is 0. The maximum Gasteiger partial charge on any atom is 0.216 e. The number of rotatable bonds is 3. The van der Waals surface area contributed by atoms with Crippen LogP contribution in [0, 0.1) is 4.77 Å². The van der Waals surface area contributed by atoms with Gasteiger partial charge in [0.25, 0.3) is 0 Å². The van der Waals surface area contributed by atoms with E-state index in [2.05, 4.69) is 15.3 Å². The lowest BCUT2D eigenvalue weighted by atomic mass is 10.2. The highest BCUT2D eigenvalue weighted by atomic mass is 35.5. The van der Waals surface area contributed by atoms with E-state index in [4.69, 9.17) is 35.4 Å². The number of hydrogen-bond donors (Lipinski definition) is 1. The topological polar surface area (TPSA) is 46.0 Å². The molecule has 7 heteroatoms. The first kappa shape index (κ1) is 15.0. The number of aromatic nitrogens is 3. The molecule has 0 spiro atoms. The fourth-order valence-corrected chi connectivity index (χ4v) is 2.29. The summed E-state index contributed by atoms with van der Waals surface area (Å²) in [6.07, 6.45) is 1.70. The normalized spacial score (nSPS) is 11.2. The van der Waals surface area contributed by atoms with Crippen molar-refractivity contribution in [2.24, 2.45) is 5.10 Å². The number of hydrogen-bond acceptors (Lipinski definition) is 3. The summed E-state index contributed by atoms with van der Waals surface area (Å²) in [5, 5.41) is 12.7. The summed E-state index contributed by atoms with van der Waals surface area (Å²) in [5.41, 5.74) is 1.78. The second kappa shape index (κ2) is 6.44. The first-order chi connectivity index (χ1) is 10.6. The van der Waals surface area contributed by atoms with Crippen LogP contribution < -0.4 is 0 Å². The van der Waals surface area contributed by atoms with E-state index < -0.39 is 0 Å². The molecule has 0 aliphatic rings. The molecular weight excluding hydrogens is 339 g/mol. The van der Waals surface area contributed by atoms with Crippen molar-refractivity contribution in [1.29, 1.82) is 0 Å². The van der Waals surface area contributed by atoms with Gasteiger partial charge in [-0.3, -0.25) is 0 Å². The third-order valence-electron chi connectivity index (χ3n) is 2.95. The molecular formula is C15H10Cl2N4S. The highest BCUT2D eigenvalue weighted by molar-refractivity contribution is 7.71. The van der Waals surface area contributed by atoms with Gasteiger partial charge in [0.2, 0.25) is 4.77 Å². The smallest absolute Gasteiger partial charge is 0.216 e. The molecule has 110 valence electrons. The zero-order valence-electron chi connectivity index (χ0n) is 11.2. The Morgan fingerprint density at radius 3 is 2.23 bits per heavy atom. The molecule has 4 nitrogen and oxygen atoms in total. The zero-order chi connectivity index (χ0) is 15.5. The van der Waals surface area contributed by atoms with Gasteiger partial charge in [-0.15, -0.1) is 0 Å². The van der Waals surface area contributed by atoms with E-state index in [1.807, 2.05) is 24.3 Å². The van der Waals surface area contributed by atoms with Gasteiger partial charge >= 0.3 is 0 Å². The number of H-pyrrole nitrogens is 1. The SMILES string of the molecule is S=c1[nH]nc(-c2ccc(Cl)cc2)n1/N=C/c1ccc(Cl)cc1. The van der Waals surface area contributed by atoms with E-state index in [0.29, 0.717) is 20.6 Å². The molecule has 0 unspecified atom stereocenters. The Kier molecular flexibility index (Phi) is 4.38. The molecule has 2 aromatic carbocycles. The molecule has 0 atom stereocenters. The van der Waals surface area contributed by atoms with Crippen molar-refractivity contribution in [3.8, 4) is 11.4 Å². The molecule has 0 bridgehead atoms. The maximum absolute atomic E-state index is 5.90. The van der Waals surface area contributed by atoms with E-state index in [1.54, 1.807) is 35.2 Å². The van der Waals surface area contributed by atoms with Gasteiger partial charge in [-0.1, -0.05) is 35.3 Å². The molecule has 3 rings (SSSR count). The third kappa shape index (κ3) is 3.27. The molecule has 0 aliphatic heterocycles. The van der Waals surface area contributed by atoms with E-state index in [0.717, 1.165) is 11.1 Å². The first-order valence-electron chi connectivity index (χ1n) is 6.37. The van der Waals surface area contributed by atoms with Gasteiger partial charge in [-0.2, -0.15) is 14.9 Å². The predicted molar refractivity (Wildman–Crippen MR) is 92.3 cm³/mol. The number of halogens is 2. The van der Waals surface area contributed by atoms with Gasteiger partial charge < -0.3 is 0 Å². The Balaban J connectivity index is 1.97. The van der Waals surface area contributed by atoms with Crippen molar-refractivity contribution < 1.29 is 0 Å². The van der Waals surface area contributed by atoms with Crippen LogP contribution >= 0.6 is 35.4 Å². The number of aromatic amines is 1. The molecule has 0 radical (unpaired) electrons. The predicted octanol–water partition coefficient (Wildman–Crippen LogP) is 4.80. The summed E-state index contributed by atoms with van der Waals surface area (Å²) in [4.78, 5) is 0. The minimum Gasteiger partial charge on any atom is -0.250 e. The Hall–Kier alpha value is -1.95. The van der Waals surface area contributed by atoms with Crippen LogP contribution in [0.3, 0.4) is 0 Å². The minimum atomic E-state index is 0.412. The summed E-state index contributed by atoms with van der Waals surface area (Å²) < 4.78 is 1.97. The van der Waals surface area contributed by atoms with Gasteiger partial charge in [0.15, 0.2) is 5.82 Å². The molecule has 22 heavy (non-hydrogen) atoms. The molecule has 0 saturated carbocycles. The van der Waals surface area contributed by atoms with Gasteiger partial charge in [0.05, 0.1) is 6.21 Å². The van der Waals surface area contributed by atoms with Crippen LogP contribution in [-0.4, -0.2) is 21.1 Å². The molecule has 3 aromatic rings. The number of nitrogens with zero attached hydrogens (tertiary/aromatic N) is 3. The Morgan fingerprint density at radius 2 is 1.59 bits per heavy atom. The largest absolute Gasteiger partial charge is 0.250 e. The third-order valence-corrected chi connectivity index (χ3v) is 3.71. The van der Waals surface area contributed by atoms with Gasteiger partial charge in [0, 0.05) is 15.6 Å². The summed E-state index contributed by atoms with van der Waals surface area (Å²) in [5.74, 6) is 0.617. The average molecular weight is 349 g/mol. The lowest BCUT2D eigenvalue weighted by Crippen LogP contribution is -1.94. The highest BCUT2D eigenvalue weighted by Crippen LogP contribution is 2.19. The van der Waals surface area contributed by atoms with Crippen LogP contribution in [0.5, 0.6) is 0 Å². The number of benzene rings is 2. The van der Waals surface area contributed by atoms with Crippen molar-refractivity contribution in [3.63, 3.8) is 0 Å². The lowest BCUT2D eigenvalue weighted by molar-refractivity contribution is 0.871. The first-order valence-corrected chi connectivity index (χ1v) is 7.53. The van der Waals surface area contributed by atoms with Gasteiger partial charge in [-0.05, 0) is 54.2 Å². The van der Waals surface area contributed by atoms with E-state index >= 15 is 0 Å². The summed E-state index contributed by atoms with van der Waals surface area (Å²) >= 11 is 17.0. The van der Waals surface area contributed by atoms with Crippen LogP contribution in [0.4, 0.5) is 0 Å². The van der Waals surface area contributed by atoms with E-state index in [1.165, 1.54) is 0 Å². The van der Waals surface area contributed by atoms with Crippen LogP contribution in [0.1, 0.15) is 5.56 Å². The van der Waals surface area contributed by atoms with Crippen molar-refractivity contribution in [3.05, 3.63) is 68.9 Å². The number of nitrogens with one attached hydrogen (secondary N) is 1. The van der Waals surface area contributed by atoms with Crippen molar-refractivity contribution in [2.45, 2.75) is 0 Å². The van der Waals surface area contributed by atoms with Crippen LogP contribution in [0.2, 0.25) is 10.0 Å². The molecule has 0 aliphatic carbocycles. The second-order valence-electron chi connectivity index (χ2n) is 4.47. The van der Waals surface area contributed by atoms with Gasteiger partial charge in [0.1, 0.15) is 0 Å². The van der Waals surface area contributed by atoms with E-state index in [9.17, 15) is 0 Å². The lowest BCUT2D eigenvalue weighted by Gasteiger charge is -2.01. The molecule has 1 N–H and O–H groups in total. The fourth-order valence-electron chi connectivity index (χ4n) is 1.86. The maximum atomic E-state index is 5.90. The molecule has 0 fully saturated rings. The molecule has 0 saturated heterocycles.